The number of nitrogens with zero attached hydrogens (tertiary/aromatic N) is 2. The lowest BCUT2D eigenvalue weighted by Crippen LogP contribution is -2.30. The van der Waals surface area contributed by atoms with Crippen LogP contribution in [0.25, 0.3) is 0 Å². The average molecular weight is 395 g/mol. The van der Waals surface area contributed by atoms with Crippen LogP contribution in [0.2, 0.25) is 0 Å². The van der Waals surface area contributed by atoms with Crippen LogP contribution in [0.15, 0.2) is 54.7 Å². The molecule has 0 bridgehead atoms. The summed E-state index contributed by atoms with van der Waals surface area (Å²) in [4.78, 5) is 10.1. The topological polar surface area (TPSA) is 62.4 Å². The predicted octanol–water partition coefficient (Wildman–Crippen LogP) is 3.91. The van der Waals surface area contributed by atoms with Crippen LogP contribution in [0.1, 0.15) is 29.2 Å². The smallest absolute Gasteiger partial charge is 0.174 e. The van der Waals surface area contributed by atoms with Gasteiger partial charge in [0.2, 0.25) is 0 Å². The number of ether oxygens (including phenoxy) is 2. The molecule has 1 aliphatic rings. The van der Waals surface area contributed by atoms with Gasteiger partial charge in [0.25, 0.3) is 0 Å². The Hall–Kier alpha value is -3.06. The van der Waals surface area contributed by atoms with Gasteiger partial charge in [-0.25, -0.2) is 0 Å². The summed E-state index contributed by atoms with van der Waals surface area (Å²) < 4.78 is 11.0. The lowest BCUT2D eigenvalue weighted by molar-refractivity contribution is 0.394. The van der Waals surface area contributed by atoms with E-state index in [1.54, 1.807) is 20.4 Å². The van der Waals surface area contributed by atoms with Crippen molar-refractivity contribution in [1.29, 1.82) is 0 Å². The van der Waals surface area contributed by atoms with E-state index in [1.165, 1.54) is 0 Å². The Morgan fingerprint density at radius 2 is 1.93 bits per heavy atom. The maximum Gasteiger partial charge on any atom is 0.174 e. The number of thiocarbonyl (C=S) groups is 1. The molecule has 1 saturated heterocycles. The maximum atomic E-state index is 5.74. The number of aromatic amines is 1. The number of rotatable bonds is 5. The minimum absolute atomic E-state index is 0.0986. The zero-order valence-corrected chi connectivity index (χ0v) is 16.8. The summed E-state index contributed by atoms with van der Waals surface area (Å²) in [6.07, 6.45) is 1.80. The molecule has 2 atom stereocenters. The zero-order valence-electron chi connectivity index (χ0n) is 16.0. The van der Waals surface area contributed by atoms with Gasteiger partial charge in [-0.05, 0) is 55.5 Å². The van der Waals surface area contributed by atoms with E-state index in [1.807, 2.05) is 43.3 Å². The third-order valence-electron chi connectivity index (χ3n) is 4.92. The molecule has 2 N–H and O–H groups in total. The summed E-state index contributed by atoms with van der Waals surface area (Å²) in [5.41, 5.74) is 3.95. The molecule has 0 aliphatic carbocycles. The van der Waals surface area contributed by atoms with Gasteiger partial charge in [-0.15, -0.1) is 0 Å². The summed E-state index contributed by atoms with van der Waals surface area (Å²) in [7, 11) is 3.28. The third-order valence-corrected chi connectivity index (χ3v) is 5.23. The molecule has 2 unspecified atom stereocenters. The molecule has 2 aromatic heterocycles. The van der Waals surface area contributed by atoms with Crippen molar-refractivity contribution in [3.63, 3.8) is 0 Å². The Kier molecular flexibility index (Phi) is 4.92. The number of aromatic nitrogens is 2. The highest BCUT2D eigenvalue weighted by molar-refractivity contribution is 7.80. The van der Waals surface area contributed by atoms with Crippen LogP contribution in [0.4, 0.5) is 5.69 Å². The molecule has 0 spiro atoms. The number of H-pyrrole nitrogens is 1. The van der Waals surface area contributed by atoms with Crippen molar-refractivity contribution in [3.05, 3.63) is 71.8 Å². The van der Waals surface area contributed by atoms with E-state index in [9.17, 15) is 0 Å². The molecular weight excluding hydrogens is 372 g/mol. The number of benzene rings is 1. The van der Waals surface area contributed by atoms with Gasteiger partial charge in [0.05, 0.1) is 31.6 Å². The van der Waals surface area contributed by atoms with Gasteiger partial charge >= 0.3 is 0 Å². The van der Waals surface area contributed by atoms with Crippen molar-refractivity contribution in [1.82, 2.24) is 15.3 Å². The van der Waals surface area contributed by atoms with Crippen LogP contribution < -0.4 is 19.7 Å². The summed E-state index contributed by atoms with van der Waals surface area (Å²) in [6.45, 7) is 2.04. The number of pyridine rings is 1. The fourth-order valence-electron chi connectivity index (χ4n) is 3.61. The number of hydrogen-bond acceptors (Lipinski definition) is 4. The number of anilines is 1. The molecule has 0 amide bonds. The Labute approximate surface area is 169 Å². The first-order valence-electron chi connectivity index (χ1n) is 9.00. The van der Waals surface area contributed by atoms with Crippen molar-refractivity contribution in [2.24, 2.45) is 0 Å². The Bertz CT molecular complexity index is 989. The van der Waals surface area contributed by atoms with Gasteiger partial charge in [-0.1, -0.05) is 6.07 Å². The third kappa shape index (κ3) is 3.18. The molecule has 3 aromatic rings. The Morgan fingerprint density at radius 1 is 1.07 bits per heavy atom. The predicted molar refractivity (Wildman–Crippen MR) is 113 cm³/mol. The second-order valence-corrected chi connectivity index (χ2v) is 7.02. The van der Waals surface area contributed by atoms with Crippen LogP contribution in [-0.2, 0) is 0 Å². The highest BCUT2D eigenvalue weighted by Gasteiger charge is 2.42. The Morgan fingerprint density at radius 3 is 2.57 bits per heavy atom. The summed E-state index contributed by atoms with van der Waals surface area (Å²) >= 11 is 5.74. The van der Waals surface area contributed by atoms with E-state index in [-0.39, 0.29) is 12.1 Å². The lowest BCUT2D eigenvalue weighted by Gasteiger charge is -2.28. The molecule has 1 aromatic carbocycles. The monoisotopic (exact) mass is 394 g/mol. The number of methoxy groups -OCH3 is 2. The molecule has 1 fully saturated rings. The van der Waals surface area contributed by atoms with Gasteiger partial charge in [0, 0.05) is 23.7 Å². The standard InChI is InChI=1S/C21H22N4O2S/c1-13-7-9-16(23-13)20-19(15-6-4-5-11-22-15)24-21(28)25(20)17-10-8-14(26-2)12-18(17)27-3/h4-12,19-20,23H,1-3H3,(H,24,28). The molecule has 1 aliphatic heterocycles. The highest BCUT2D eigenvalue weighted by Crippen LogP contribution is 2.44. The van der Waals surface area contributed by atoms with Crippen LogP contribution in [0.3, 0.4) is 0 Å². The fourth-order valence-corrected chi connectivity index (χ4v) is 3.95. The second-order valence-electron chi connectivity index (χ2n) is 6.63. The van der Waals surface area contributed by atoms with Crippen molar-refractivity contribution in [2.45, 2.75) is 19.0 Å². The van der Waals surface area contributed by atoms with Crippen LogP contribution in [0, 0.1) is 6.92 Å². The van der Waals surface area contributed by atoms with E-state index < -0.39 is 0 Å². The van der Waals surface area contributed by atoms with E-state index >= 15 is 0 Å². The van der Waals surface area contributed by atoms with Gasteiger partial charge in [0.1, 0.15) is 17.5 Å². The first-order chi connectivity index (χ1) is 13.6. The first-order valence-corrected chi connectivity index (χ1v) is 9.41. The Balaban J connectivity index is 1.84. The maximum absolute atomic E-state index is 5.74. The van der Waals surface area contributed by atoms with E-state index in [0.717, 1.165) is 28.5 Å². The molecule has 28 heavy (non-hydrogen) atoms. The largest absolute Gasteiger partial charge is 0.497 e. The highest BCUT2D eigenvalue weighted by atomic mass is 32.1. The second kappa shape index (κ2) is 7.52. The van der Waals surface area contributed by atoms with Gasteiger partial charge in [0.15, 0.2) is 5.11 Å². The first kappa shape index (κ1) is 18.3. The number of hydrogen-bond donors (Lipinski definition) is 2. The minimum atomic E-state index is -0.0987. The molecule has 0 radical (unpaired) electrons. The van der Waals surface area contributed by atoms with E-state index in [2.05, 4.69) is 32.3 Å². The quantitative estimate of drug-likeness (QED) is 0.640. The van der Waals surface area contributed by atoms with Gasteiger partial charge < -0.3 is 24.7 Å². The minimum Gasteiger partial charge on any atom is -0.497 e. The van der Waals surface area contributed by atoms with Crippen molar-refractivity contribution in [3.8, 4) is 11.5 Å². The molecule has 0 saturated carbocycles. The average Bonchev–Trinajstić information content (AvgIpc) is 3.30. The summed E-state index contributed by atoms with van der Waals surface area (Å²) in [5, 5.41) is 4.07. The van der Waals surface area contributed by atoms with Crippen LogP contribution >= 0.6 is 12.2 Å². The van der Waals surface area contributed by atoms with E-state index in [4.69, 9.17) is 21.7 Å². The zero-order chi connectivity index (χ0) is 19.7. The SMILES string of the molecule is COc1ccc(N2C(=S)NC(c3ccccn3)C2c2ccc(C)[nH]2)c(OC)c1. The van der Waals surface area contributed by atoms with Crippen LogP contribution in [0.5, 0.6) is 11.5 Å². The molecular formula is C21H22N4O2S. The normalized spacial score (nSPS) is 18.8. The van der Waals surface area contributed by atoms with Crippen molar-refractivity contribution < 1.29 is 9.47 Å². The number of nitrogens with one attached hydrogen (secondary N) is 2. The molecule has 3 heterocycles. The lowest BCUT2D eigenvalue weighted by atomic mass is 10.0. The van der Waals surface area contributed by atoms with Crippen LogP contribution in [-0.4, -0.2) is 29.3 Å². The fraction of sp³-hybridized carbons (Fsp3) is 0.238. The van der Waals surface area contributed by atoms with Gasteiger partial charge in [-0.2, -0.15) is 0 Å². The van der Waals surface area contributed by atoms with Gasteiger partial charge in [-0.3, -0.25) is 4.98 Å². The molecule has 6 nitrogen and oxygen atoms in total. The molecule has 4 rings (SSSR count). The molecule has 144 valence electrons. The molecule has 7 heteroatoms. The summed E-state index contributed by atoms with van der Waals surface area (Å²) in [5.74, 6) is 1.42. The van der Waals surface area contributed by atoms with Crippen molar-refractivity contribution >= 4 is 23.0 Å². The number of aryl methyl sites for hydroxylation is 1. The van der Waals surface area contributed by atoms with Crippen molar-refractivity contribution in [2.75, 3.05) is 19.1 Å². The summed E-state index contributed by atoms with van der Waals surface area (Å²) in [6, 6.07) is 15.6. The van der Waals surface area contributed by atoms with E-state index in [0.29, 0.717) is 10.9 Å².